The Morgan fingerprint density at radius 3 is 2.55 bits per heavy atom. The van der Waals surface area contributed by atoms with Crippen LogP contribution in [0, 0.1) is 6.92 Å². The van der Waals surface area contributed by atoms with Crippen LogP contribution in [0.15, 0.2) is 66.5 Å². The molecule has 4 rings (SSSR count). The Morgan fingerprint density at radius 2 is 1.88 bits per heavy atom. The SMILES string of the molecule is Cc1ccc(Oc2cccc(C=C3CCC(NC(=O)c4ccc(N(C)C)nc4)CC3)c2)nc1. The van der Waals surface area contributed by atoms with Gasteiger partial charge in [0.25, 0.3) is 5.91 Å². The van der Waals surface area contributed by atoms with Crippen molar-refractivity contribution in [1.29, 1.82) is 0 Å². The molecule has 6 heteroatoms. The summed E-state index contributed by atoms with van der Waals surface area (Å²) in [6.07, 6.45) is 9.47. The largest absolute Gasteiger partial charge is 0.439 e. The van der Waals surface area contributed by atoms with E-state index in [1.807, 2.05) is 68.4 Å². The number of amides is 1. The topological polar surface area (TPSA) is 67.3 Å². The molecule has 1 amide bonds. The zero-order chi connectivity index (χ0) is 23.2. The van der Waals surface area contributed by atoms with E-state index in [2.05, 4.69) is 27.4 Å². The Morgan fingerprint density at radius 1 is 1.06 bits per heavy atom. The Hall–Kier alpha value is -3.67. The fourth-order valence-electron chi connectivity index (χ4n) is 3.87. The lowest BCUT2D eigenvalue weighted by atomic mass is 9.89. The molecule has 2 aromatic heterocycles. The quantitative estimate of drug-likeness (QED) is 0.554. The average Bonchev–Trinajstić information content (AvgIpc) is 2.82. The van der Waals surface area contributed by atoms with Crippen molar-refractivity contribution in [2.45, 2.75) is 38.6 Å². The number of pyridine rings is 2. The van der Waals surface area contributed by atoms with Gasteiger partial charge in [0.1, 0.15) is 11.6 Å². The zero-order valence-electron chi connectivity index (χ0n) is 19.4. The van der Waals surface area contributed by atoms with E-state index in [4.69, 9.17) is 4.74 Å². The molecule has 0 bridgehead atoms. The summed E-state index contributed by atoms with van der Waals surface area (Å²) in [6, 6.07) is 15.8. The monoisotopic (exact) mass is 442 g/mol. The molecule has 1 aliphatic carbocycles. The third-order valence-electron chi connectivity index (χ3n) is 5.77. The van der Waals surface area contributed by atoms with Gasteiger partial charge in [-0.2, -0.15) is 0 Å². The Balaban J connectivity index is 1.31. The van der Waals surface area contributed by atoms with Gasteiger partial charge < -0.3 is 15.0 Å². The van der Waals surface area contributed by atoms with Crippen molar-refractivity contribution in [2.24, 2.45) is 0 Å². The van der Waals surface area contributed by atoms with Crippen LogP contribution < -0.4 is 15.0 Å². The van der Waals surface area contributed by atoms with Gasteiger partial charge in [-0.15, -0.1) is 0 Å². The molecule has 0 atom stereocenters. The van der Waals surface area contributed by atoms with Gasteiger partial charge in [-0.1, -0.05) is 29.8 Å². The molecule has 1 N–H and O–H groups in total. The second-order valence-electron chi connectivity index (χ2n) is 8.70. The van der Waals surface area contributed by atoms with E-state index < -0.39 is 0 Å². The Bertz CT molecular complexity index is 1110. The number of aromatic nitrogens is 2. The summed E-state index contributed by atoms with van der Waals surface area (Å²) in [5.74, 6) is 2.15. The van der Waals surface area contributed by atoms with E-state index in [1.165, 1.54) is 5.57 Å². The molecule has 6 nitrogen and oxygen atoms in total. The van der Waals surface area contributed by atoms with Gasteiger partial charge in [0.15, 0.2) is 0 Å². The molecule has 33 heavy (non-hydrogen) atoms. The first-order chi connectivity index (χ1) is 16.0. The molecule has 0 aliphatic heterocycles. The molecule has 3 aromatic rings. The number of rotatable bonds is 6. The van der Waals surface area contributed by atoms with Gasteiger partial charge in [0, 0.05) is 38.6 Å². The molecule has 0 spiro atoms. The molecule has 170 valence electrons. The maximum absolute atomic E-state index is 12.6. The maximum atomic E-state index is 12.6. The van der Waals surface area contributed by atoms with Crippen molar-refractivity contribution >= 4 is 17.8 Å². The number of anilines is 1. The van der Waals surface area contributed by atoms with Crippen molar-refractivity contribution in [3.8, 4) is 11.6 Å². The van der Waals surface area contributed by atoms with Crippen LogP contribution in [0.4, 0.5) is 5.82 Å². The summed E-state index contributed by atoms with van der Waals surface area (Å²) in [4.78, 5) is 23.1. The van der Waals surface area contributed by atoms with E-state index in [0.29, 0.717) is 11.4 Å². The van der Waals surface area contributed by atoms with Crippen LogP contribution >= 0.6 is 0 Å². The van der Waals surface area contributed by atoms with Crippen molar-refractivity contribution < 1.29 is 9.53 Å². The van der Waals surface area contributed by atoms with Gasteiger partial charge >= 0.3 is 0 Å². The number of aryl methyl sites for hydroxylation is 1. The molecule has 0 saturated heterocycles. The number of benzene rings is 1. The summed E-state index contributed by atoms with van der Waals surface area (Å²) < 4.78 is 5.89. The number of allylic oxidation sites excluding steroid dienone is 1. The highest BCUT2D eigenvalue weighted by Crippen LogP contribution is 2.28. The molecule has 1 aliphatic rings. The molecule has 1 fully saturated rings. The third-order valence-corrected chi connectivity index (χ3v) is 5.77. The maximum Gasteiger partial charge on any atom is 0.253 e. The molecular weight excluding hydrogens is 412 g/mol. The first-order valence-corrected chi connectivity index (χ1v) is 11.3. The number of ether oxygens (including phenoxy) is 1. The fraction of sp³-hybridized carbons (Fsp3) is 0.296. The molecular formula is C27H30N4O2. The lowest BCUT2D eigenvalue weighted by molar-refractivity contribution is 0.0930. The molecule has 0 radical (unpaired) electrons. The van der Waals surface area contributed by atoms with Crippen LogP contribution in [-0.4, -0.2) is 36.0 Å². The minimum absolute atomic E-state index is 0.0557. The first-order valence-electron chi connectivity index (χ1n) is 11.3. The van der Waals surface area contributed by atoms with Gasteiger partial charge in [-0.25, -0.2) is 9.97 Å². The van der Waals surface area contributed by atoms with Gasteiger partial charge in [0.2, 0.25) is 5.88 Å². The van der Waals surface area contributed by atoms with Crippen molar-refractivity contribution in [2.75, 3.05) is 19.0 Å². The predicted molar refractivity (Wildman–Crippen MR) is 132 cm³/mol. The van der Waals surface area contributed by atoms with Crippen LogP contribution in [-0.2, 0) is 0 Å². The summed E-state index contributed by atoms with van der Waals surface area (Å²) >= 11 is 0. The highest BCUT2D eigenvalue weighted by molar-refractivity contribution is 5.94. The van der Waals surface area contributed by atoms with Crippen LogP contribution in [0.5, 0.6) is 11.6 Å². The number of nitrogens with one attached hydrogen (secondary N) is 1. The third kappa shape index (κ3) is 6.19. The van der Waals surface area contributed by atoms with E-state index in [9.17, 15) is 4.79 Å². The zero-order valence-corrected chi connectivity index (χ0v) is 19.4. The van der Waals surface area contributed by atoms with Crippen molar-refractivity contribution in [1.82, 2.24) is 15.3 Å². The number of hydrogen-bond donors (Lipinski definition) is 1. The van der Waals surface area contributed by atoms with Gasteiger partial charge in [-0.3, -0.25) is 4.79 Å². The standard InChI is InChI=1S/C27H30N4O2/c1-19-7-14-26(29-17-19)33-24-6-4-5-21(16-24)15-20-8-11-23(12-9-20)30-27(32)22-10-13-25(28-18-22)31(2)3/h4-7,10,13-18,23H,8-9,11-12H2,1-3H3,(H,30,32). The lowest BCUT2D eigenvalue weighted by Gasteiger charge is -2.25. The number of nitrogens with zero attached hydrogens (tertiary/aromatic N) is 3. The van der Waals surface area contributed by atoms with E-state index in [0.717, 1.165) is 48.4 Å². The minimum atomic E-state index is -0.0557. The van der Waals surface area contributed by atoms with Crippen molar-refractivity contribution in [3.05, 3.63) is 83.2 Å². The van der Waals surface area contributed by atoms with Crippen LogP contribution in [0.2, 0.25) is 0 Å². The molecule has 2 heterocycles. The molecule has 1 aromatic carbocycles. The van der Waals surface area contributed by atoms with Crippen LogP contribution in [0.3, 0.4) is 0 Å². The van der Waals surface area contributed by atoms with E-state index >= 15 is 0 Å². The van der Waals surface area contributed by atoms with Gasteiger partial charge in [-0.05, 0) is 68.0 Å². The van der Waals surface area contributed by atoms with Crippen LogP contribution in [0.25, 0.3) is 6.08 Å². The number of hydrogen-bond acceptors (Lipinski definition) is 5. The molecule has 0 unspecified atom stereocenters. The number of carbonyl (C=O) groups excluding carboxylic acids is 1. The summed E-state index contributed by atoms with van der Waals surface area (Å²) in [5.41, 5.74) is 4.21. The summed E-state index contributed by atoms with van der Waals surface area (Å²) in [5, 5.41) is 3.16. The summed E-state index contributed by atoms with van der Waals surface area (Å²) in [7, 11) is 3.86. The molecule has 1 saturated carbocycles. The highest BCUT2D eigenvalue weighted by Gasteiger charge is 2.19. The Labute approximate surface area is 195 Å². The number of carbonyl (C=O) groups is 1. The first kappa shape index (κ1) is 22.5. The average molecular weight is 443 g/mol. The fourth-order valence-corrected chi connectivity index (χ4v) is 3.87. The van der Waals surface area contributed by atoms with E-state index in [-0.39, 0.29) is 11.9 Å². The normalized spacial score (nSPS) is 15.6. The highest BCUT2D eigenvalue weighted by atomic mass is 16.5. The lowest BCUT2D eigenvalue weighted by Crippen LogP contribution is -2.36. The summed E-state index contributed by atoms with van der Waals surface area (Å²) in [6.45, 7) is 2.00. The van der Waals surface area contributed by atoms with Gasteiger partial charge in [0.05, 0.1) is 5.56 Å². The minimum Gasteiger partial charge on any atom is -0.439 e. The smallest absolute Gasteiger partial charge is 0.253 e. The second kappa shape index (κ2) is 10.3. The second-order valence-corrected chi connectivity index (χ2v) is 8.70. The predicted octanol–water partition coefficient (Wildman–Crippen LogP) is 5.40. The van der Waals surface area contributed by atoms with E-state index in [1.54, 1.807) is 12.4 Å². The van der Waals surface area contributed by atoms with Crippen LogP contribution in [0.1, 0.15) is 47.2 Å². The Kier molecular flexibility index (Phi) is 7.03. The van der Waals surface area contributed by atoms with Crippen molar-refractivity contribution in [3.63, 3.8) is 0 Å².